The molecule has 0 aliphatic rings. The molecule has 35 heavy (non-hydrogen) atoms. The number of nitrogens with zero attached hydrogens (tertiary/aromatic N) is 2. The zero-order valence-electron chi connectivity index (χ0n) is 19.1. The van der Waals surface area contributed by atoms with Gasteiger partial charge in [-0.3, -0.25) is 9.59 Å². The van der Waals surface area contributed by atoms with Crippen LogP contribution < -0.4 is 10.6 Å². The Hall–Kier alpha value is -3.34. The number of H-pyrrole nitrogens is 1. The van der Waals surface area contributed by atoms with E-state index in [1.54, 1.807) is 25.3 Å². The van der Waals surface area contributed by atoms with Gasteiger partial charge in [0.25, 0.3) is 5.91 Å². The van der Waals surface area contributed by atoms with Crippen molar-refractivity contribution in [2.24, 2.45) is 0 Å². The minimum absolute atomic E-state index is 0.0988. The summed E-state index contributed by atoms with van der Waals surface area (Å²) in [5, 5.41) is 25.8. The van der Waals surface area contributed by atoms with Crippen LogP contribution in [0.15, 0.2) is 48.7 Å². The van der Waals surface area contributed by atoms with E-state index < -0.39 is 24.0 Å². The number of carbonyl (C=O) groups excluding carboxylic acids is 1. The molecule has 3 rings (SSSR count). The summed E-state index contributed by atoms with van der Waals surface area (Å²) in [6.45, 7) is 0.958. The van der Waals surface area contributed by atoms with Crippen LogP contribution in [-0.4, -0.2) is 64.7 Å². The van der Waals surface area contributed by atoms with E-state index in [-0.39, 0.29) is 17.9 Å². The highest BCUT2D eigenvalue weighted by Gasteiger charge is 2.25. The van der Waals surface area contributed by atoms with E-state index in [9.17, 15) is 19.1 Å². The molecule has 11 heteroatoms. The van der Waals surface area contributed by atoms with Crippen molar-refractivity contribution in [3.63, 3.8) is 0 Å². The van der Waals surface area contributed by atoms with Crippen molar-refractivity contribution in [3.05, 3.63) is 70.8 Å². The van der Waals surface area contributed by atoms with Crippen LogP contribution >= 0.6 is 11.6 Å². The Bertz CT molecular complexity index is 1110. The Morgan fingerprint density at radius 1 is 1.23 bits per heavy atom. The molecule has 1 aromatic heterocycles. The molecule has 0 radical (unpaired) electrons. The van der Waals surface area contributed by atoms with Gasteiger partial charge in [0, 0.05) is 30.3 Å². The summed E-state index contributed by atoms with van der Waals surface area (Å²) < 4.78 is 19.2. The number of carbonyl (C=O) groups is 2. The molecule has 186 valence electrons. The van der Waals surface area contributed by atoms with Gasteiger partial charge in [0.1, 0.15) is 11.9 Å². The van der Waals surface area contributed by atoms with Gasteiger partial charge < -0.3 is 20.5 Å². The molecule has 1 amide bonds. The average Bonchev–Trinajstić information content (AvgIpc) is 3.38. The lowest BCUT2D eigenvalue weighted by molar-refractivity contribution is -0.139. The van der Waals surface area contributed by atoms with Gasteiger partial charge in [-0.05, 0) is 55.1 Å². The molecule has 0 saturated carbocycles. The largest absolute Gasteiger partial charge is 0.480 e. The Labute approximate surface area is 207 Å². The second-order valence-electron chi connectivity index (χ2n) is 7.98. The standard InChI is InChI=1S/C24H27ClFN5O4/c1-35-10-2-9-27-21(24(33)34)13-18(29-23(32)22-14-28-31-30-22)11-15-3-5-16(6-4-15)19-12-17(25)7-8-20(19)26/h3-8,12,14,18,21,27H,2,9-11,13H2,1H3,(H,29,32)(H,33,34)(H,28,30,31)/t18-,21-/m1/s1. The van der Waals surface area contributed by atoms with Crippen molar-refractivity contribution in [2.45, 2.75) is 31.3 Å². The van der Waals surface area contributed by atoms with E-state index in [0.29, 0.717) is 42.1 Å². The summed E-state index contributed by atoms with van der Waals surface area (Å²) in [7, 11) is 1.58. The minimum Gasteiger partial charge on any atom is -0.480 e. The Morgan fingerprint density at radius 2 is 2.00 bits per heavy atom. The second kappa shape index (κ2) is 12.9. The minimum atomic E-state index is -1.02. The highest BCUT2D eigenvalue weighted by atomic mass is 35.5. The monoisotopic (exact) mass is 503 g/mol. The van der Waals surface area contributed by atoms with Gasteiger partial charge in [0.15, 0.2) is 5.69 Å². The van der Waals surface area contributed by atoms with Crippen molar-refractivity contribution < 1.29 is 23.8 Å². The van der Waals surface area contributed by atoms with Crippen molar-refractivity contribution >= 4 is 23.5 Å². The van der Waals surface area contributed by atoms with E-state index >= 15 is 0 Å². The lowest BCUT2D eigenvalue weighted by Gasteiger charge is -2.23. The number of aromatic amines is 1. The van der Waals surface area contributed by atoms with Crippen molar-refractivity contribution in [1.29, 1.82) is 0 Å². The van der Waals surface area contributed by atoms with Crippen LogP contribution in [0.3, 0.4) is 0 Å². The molecule has 0 saturated heterocycles. The predicted molar refractivity (Wildman–Crippen MR) is 129 cm³/mol. The normalized spacial score (nSPS) is 12.8. The molecule has 4 N–H and O–H groups in total. The van der Waals surface area contributed by atoms with E-state index in [0.717, 1.165) is 5.56 Å². The van der Waals surface area contributed by atoms with Crippen LogP contribution in [-0.2, 0) is 16.0 Å². The third-order valence-corrected chi connectivity index (χ3v) is 5.63. The molecule has 1 heterocycles. The summed E-state index contributed by atoms with van der Waals surface area (Å²) in [6.07, 6.45) is 2.43. The number of carboxylic acids is 1. The molecule has 2 atom stereocenters. The van der Waals surface area contributed by atoms with Crippen LogP contribution in [0.2, 0.25) is 5.02 Å². The molecule has 0 bridgehead atoms. The van der Waals surface area contributed by atoms with Gasteiger partial charge in [-0.15, -0.1) is 0 Å². The molecule has 0 fully saturated rings. The van der Waals surface area contributed by atoms with Crippen molar-refractivity contribution in [3.8, 4) is 11.1 Å². The van der Waals surface area contributed by atoms with E-state index in [4.69, 9.17) is 16.3 Å². The summed E-state index contributed by atoms with van der Waals surface area (Å²) in [6, 6.07) is 10.1. The van der Waals surface area contributed by atoms with Crippen LogP contribution in [0.25, 0.3) is 11.1 Å². The highest BCUT2D eigenvalue weighted by Crippen LogP contribution is 2.26. The molecule has 0 spiro atoms. The summed E-state index contributed by atoms with van der Waals surface area (Å²) >= 11 is 6.01. The summed E-state index contributed by atoms with van der Waals surface area (Å²) in [4.78, 5) is 24.4. The summed E-state index contributed by atoms with van der Waals surface area (Å²) in [5.41, 5.74) is 1.97. The number of halogens is 2. The Balaban J connectivity index is 1.75. The topological polar surface area (TPSA) is 129 Å². The van der Waals surface area contributed by atoms with Crippen LogP contribution in [0.5, 0.6) is 0 Å². The fraction of sp³-hybridized carbons (Fsp3) is 0.333. The number of nitrogens with one attached hydrogen (secondary N) is 3. The number of methoxy groups -OCH3 is 1. The van der Waals surface area contributed by atoms with Gasteiger partial charge in [-0.2, -0.15) is 15.4 Å². The van der Waals surface area contributed by atoms with Crippen LogP contribution in [0.1, 0.15) is 28.9 Å². The second-order valence-corrected chi connectivity index (χ2v) is 8.41. The fourth-order valence-electron chi connectivity index (χ4n) is 3.64. The molecule has 9 nitrogen and oxygen atoms in total. The van der Waals surface area contributed by atoms with E-state index in [2.05, 4.69) is 26.0 Å². The number of amides is 1. The zero-order valence-corrected chi connectivity index (χ0v) is 19.9. The molecule has 0 aliphatic heterocycles. The van der Waals surface area contributed by atoms with Crippen LogP contribution in [0, 0.1) is 5.82 Å². The van der Waals surface area contributed by atoms with E-state index in [1.807, 2.05) is 12.1 Å². The average molecular weight is 504 g/mol. The van der Waals surface area contributed by atoms with Crippen molar-refractivity contribution in [1.82, 2.24) is 26.0 Å². The maximum atomic E-state index is 14.2. The van der Waals surface area contributed by atoms with Crippen LogP contribution in [0.4, 0.5) is 4.39 Å². The molecule has 0 unspecified atom stereocenters. The quantitative estimate of drug-likeness (QED) is 0.264. The van der Waals surface area contributed by atoms with Crippen molar-refractivity contribution in [2.75, 3.05) is 20.3 Å². The lowest BCUT2D eigenvalue weighted by atomic mass is 9.96. The first-order chi connectivity index (χ1) is 16.9. The Morgan fingerprint density at radius 3 is 2.66 bits per heavy atom. The number of hydrogen-bond acceptors (Lipinski definition) is 6. The van der Waals surface area contributed by atoms with Gasteiger partial charge in [-0.25, -0.2) is 4.39 Å². The third-order valence-electron chi connectivity index (χ3n) is 5.39. The lowest BCUT2D eigenvalue weighted by Crippen LogP contribution is -2.46. The molecular formula is C24H27ClFN5O4. The number of carboxylic acid groups (broad SMARTS) is 1. The first kappa shape index (κ1) is 26.3. The number of hydrogen-bond donors (Lipinski definition) is 4. The first-order valence-corrected chi connectivity index (χ1v) is 11.4. The van der Waals surface area contributed by atoms with Gasteiger partial charge in [-0.1, -0.05) is 35.9 Å². The molecule has 0 aliphatic carbocycles. The number of rotatable bonds is 13. The number of aliphatic carboxylic acids is 1. The zero-order chi connectivity index (χ0) is 25.2. The van der Waals surface area contributed by atoms with E-state index in [1.165, 1.54) is 18.3 Å². The maximum Gasteiger partial charge on any atom is 0.320 e. The third kappa shape index (κ3) is 7.84. The number of aromatic nitrogens is 3. The van der Waals surface area contributed by atoms with Gasteiger partial charge in [0.2, 0.25) is 0 Å². The number of ether oxygens (including phenoxy) is 1. The Kier molecular flexibility index (Phi) is 9.71. The number of benzene rings is 2. The summed E-state index contributed by atoms with van der Waals surface area (Å²) in [5.74, 6) is -1.87. The smallest absolute Gasteiger partial charge is 0.320 e. The predicted octanol–water partition coefficient (Wildman–Crippen LogP) is 3.07. The fourth-order valence-corrected chi connectivity index (χ4v) is 3.81. The van der Waals surface area contributed by atoms with Gasteiger partial charge >= 0.3 is 5.97 Å². The maximum absolute atomic E-state index is 14.2. The van der Waals surface area contributed by atoms with Gasteiger partial charge in [0.05, 0.1) is 6.20 Å². The molecular weight excluding hydrogens is 477 g/mol. The highest BCUT2D eigenvalue weighted by molar-refractivity contribution is 6.30. The molecule has 3 aromatic rings. The molecule has 2 aromatic carbocycles. The first-order valence-electron chi connectivity index (χ1n) is 11.0. The SMILES string of the molecule is COCCCN[C@H](C[C@@H](Cc1ccc(-c2cc(Cl)ccc2F)cc1)NC(=O)c1cn[nH]n1)C(=O)O.